The van der Waals surface area contributed by atoms with Crippen LogP contribution in [0.4, 0.5) is 0 Å². The molecule has 9 rings (SSSR count). The van der Waals surface area contributed by atoms with E-state index in [-0.39, 0.29) is 73.4 Å². The molecule has 4 heteroatoms. The van der Waals surface area contributed by atoms with E-state index >= 15 is 0 Å². The Balaban J connectivity index is 1.30. The molecule has 0 saturated carbocycles. The smallest absolute Gasteiger partial charge is 0.164 e. The predicted octanol–water partition coefficient (Wildman–Crippen LogP) is 10.7. The minimum atomic E-state index is -0.691. The Morgan fingerprint density at radius 1 is 0.422 bits per heavy atom. The maximum absolute atomic E-state index is 9.07. The molecule has 0 amide bonds. The first-order chi connectivity index (χ1) is 29.7. The lowest BCUT2D eigenvalue weighted by atomic mass is 9.98. The number of furan rings is 1. The molecule has 0 unspecified atom stereocenters. The van der Waals surface area contributed by atoms with E-state index < -0.39 is 108 Å². The van der Waals surface area contributed by atoms with Gasteiger partial charge in [0.2, 0.25) is 0 Å². The van der Waals surface area contributed by atoms with Crippen LogP contribution in [0.2, 0.25) is 0 Å². The normalized spacial score (nSPS) is 17.2. The molecule has 0 radical (unpaired) electrons. The van der Waals surface area contributed by atoms with Gasteiger partial charge in [-0.05, 0) is 63.0 Å². The molecular formula is C41H25N3O. The van der Waals surface area contributed by atoms with Crippen molar-refractivity contribution in [2.24, 2.45) is 0 Å². The van der Waals surface area contributed by atoms with E-state index in [2.05, 4.69) is 15.0 Å². The molecule has 45 heavy (non-hydrogen) atoms. The summed E-state index contributed by atoms with van der Waals surface area (Å²) in [6, 6.07) is 1.40. The molecule has 0 bridgehead atoms. The van der Waals surface area contributed by atoms with E-state index in [9.17, 15) is 0 Å². The van der Waals surface area contributed by atoms with Crippen LogP contribution in [0.15, 0.2) is 156 Å². The molecule has 4 nitrogen and oxygen atoms in total. The first-order valence-corrected chi connectivity index (χ1v) is 13.6. The fraction of sp³-hybridized carbons (Fsp3) is 0. The first kappa shape index (κ1) is 13.2. The van der Waals surface area contributed by atoms with E-state index in [0.29, 0.717) is 16.3 Å². The zero-order valence-electron chi connectivity index (χ0n) is 40.8. The van der Waals surface area contributed by atoms with Crippen LogP contribution in [-0.2, 0) is 0 Å². The van der Waals surface area contributed by atoms with E-state index in [0.717, 1.165) is 0 Å². The van der Waals surface area contributed by atoms with Crippen molar-refractivity contribution in [3.8, 4) is 45.3 Å². The van der Waals surface area contributed by atoms with Crippen LogP contribution < -0.4 is 0 Å². The molecule has 0 spiro atoms. The molecule has 0 fully saturated rings. The fourth-order valence-corrected chi connectivity index (χ4v) is 5.17. The van der Waals surface area contributed by atoms with Crippen LogP contribution >= 0.6 is 0 Å². The Labute approximate surface area is 284 Å². The maximum atomic E-state index is 9.07. The molecule has 0 aliphatic carbocycles. The third kappa shape index (κ3) is 4.43. The largest absolute Gasteiger partial charge is 0.456 e. The highest BCUT2D eigenvalue weighted by Gasteiger charge is 2.17. The van der Waals surface area contributed by atoms with Gasteiger partial charge >= 0.3 is 0 Å². The van der Waals surface area contributed by atoms with Gasteiger partial charge in [0.25, 0.3) is 0 Å². The molecule has 2 heterocycles. The summed E-state index contributed by atoms with van der Waals surface area (Å²) >= 11 is 0. The summed E-state index contributed by atoms with van der Waals surface area (Å²) in [6.07, 6.45) is 0. The van der Waals surface area contributed by atoms with Crippen molar-refractivity contribution in [1.29, 1.82) is 0 Å². The first-order valence-electron chi connectivity index (χ1n) is 22.6. The number of nitrogens with zero attached hydrogens (tertiary/aromatic N) is 3. The number of benzene rings is 7. The lowest BCUT2D eigenvalue weighted by Crippen LogP contribution is -2.00. The number of aromatic nitrogens is 3. The van der Waals surface area contributed by atoms with Gasteiger partial charge in [-0.3, -0.25) is 0 Å². The van der Waals surface area contributed by atoms with E-state index in [4.69, 9.17) is 29.1 Å². The molecule has 0 N–H and O–H groups in total. The Bertz CT molecular complexity index is 3540. The highest BCUT2D eigenvalue weighted by atomic mass is 16.3. The van der Waals surface area contributed by atoms with Crippen molar-refractivity contribution in [3.05, 3.63) is 151 Å². The average molecular weight is 594 g/mol. The van der Waals surface area contributed by atoms with Crippen LogP contribution in [0.1, 0.15) is 24.7 Å². The molecule has 0 atom stereocenters. The lowest BCUT2D eigenvalue weighted by molar-refractivity contribution is 0.669. The average Bonchev–Trinajstić information content (AvgIpc) is 3.67. The Morgan fingerprint density at radius 3 is 1.93 bits per heavy atom. The van der Waals surface area contributed by atoms with E-state index in [1.165, 1.54) is 6.07 Å². The summed E-state index contributed by atoms with van der Waals surface area (Å²) in [4.78, 5) is 13.7. The fourth-order valence-electron chi connectivity index (χ4n) is 5.17. The van der Waals surface area contributed by atoms with E-state index in [1.807, 2.05) is 0 Å². The van der Waals surface area contributed by atoms with Crippen molar-refractivity contribution in [2.75, 3.05) is 0 Å². The molecule has 0 saturated heterocycles. The lowest BCUT2D eigenvalue weighted by Gasteiger charge is -2.10. The highest BCUT2D eigenvalue weighted by molar-refractivity contribution is 6.11. The number of rotatable bonds is 4. The van der Waals surface area contributed by atoms with Crippen LogP contribution in [0.25, 0.3) is 88.8 Å². The third-order valence-electron chi connectivity index (χ3n) is 7.27. The van der Waals surface area contributed by atoms with Gasteiger partial charge < -0.3 is 4.42 Å². The standard InChI is InChI=1S/C41H25N3O/c1-2-10-27(11-3-1)39-42-40(44-41(43-39)35-14-8-16-37-38(35)34-13-6-7-15-36(34)45-37)33-22-21-31-24-30(19-20-32(31)25-33)29-18-17-26-9-4-5-12-28(26)23-29/h1-25H/i1D,2D,3D,4D,5D,6D,7D,8D,9D,10D,11D,12D,13D,14D,15D,16D,17D,18D. The van der Waals surface area contributed by atoms with Gasteiger partial charge in [0, 0.05) is 27.5 Å². The number of hydrogen-bond donors (Lipinski definition) is 0. The zero-order valence-corrected chi connectivity index (χ0v) is 22.8. The molecule has 7 aromatic carbocycles. The Hall–Kier alpha value is -6.13. The third-order valence-corrected chi connectivity index (χ3v) is 7.27. The number of para-hydroxylation sites is 1. The molecule has 0 aliphatic heterocycles. The van der Waals surface area contributed by atoms with E-state index in [1.54, 1.807) is 36.4 Å². The maximum Gasteiger partial charge on any atom is 0.164 e. The SMILES string of the molecule is [2H]c1c([2H])c([2H])c(-c2nc(-c3ccc4cc(-c5cc6c([2H])c([2H])c([2H])c([2H])c6c([2H])c5[2H])ccc4c3)nc(-c3c([2H])c([2H])c([2H])c4oc5c([2H])c([2H])c([2H])c([2H])c5c34)n2)c([2H])c1[2H]. The van der Waals surface area contributed by atoms with Gasteiger partial charge in [-0.1, -0.05) is 121 Å². The molecule has 9 aromatic rings. The van der Waals surface area contributed by atoms with Crippen LogP contribution in [-0.4, -0.2) is 15.0 Å². The van der Waals surface area contributed by atoms with Crippen LogP contribution in [0, 0.1) is 0 Å². The predicted molar refractivity (Wildman–Crippen MR) is 184 cm³/mol. The zero-order chi connectivity index (χ0) is 45.4. The number of fused-ring (bicyclic) bond motifs is 5. The Kier molecular flexibility index (Phi) is 3.02. The van der Waals surface area contributed by atoms with Gasteiger partial charge in [0.15, 0.2) is 17.5 Å². The summed E-state index contributed by atoms with van der Waals surface area (Å²) in [5.41, 5.74) is -0.450. The second kappa shape index (κ2) is 10.2. The van der Waals surface area contributed by atoms with Crippen molar-refractivity contribution in [3.63, 3.8) is 0 Å². The minimum absolute atomic E-state index is 0.0712. The monoisotopic (exact) mass is 593 g/mol. The Morgan fingerprint density at radius 2 is 1.07 bits per heavy atom. The van der Waals surface area contributed by atoms with Gasteiger partial charge in [0.05, 0.1) is 24.7 Å². The quantitative estimate of drug-likeness (QED) is 0.204. The van der Waals surface area contributed by atoms with Crippen molar-refractivity contribution in [1.82, 2.24) is 15.0 Å². The highest BCUT2D eigenvalue weighted by Crippen LogP contribution is 2.37. The molecule has 0 aliphatic rings. The minimum Gasteiger partial charge on any atom is -0.456 e. The summed E-state index contributed by atoms with van der Waals surface area (Å²) in [7, 11) is 0. The van der Waals surface area contributed by atoms with Gasteiger partial charge in [-0.2, -0.15) is 0 Å². The van der Waals surface area contributed by atoms with Gasteiger partial charge in [0.1, 0.15) is 11.2 Å². The molecule has 210 valence electrons. The summed E-state index contributed by atoms with van der Waals surface area (Å²) in [5.74, 6) is -0.985. The van der Waals surface area contributed by atoms with Crippen molar-refractivity contribution in [2.45, 2.75) is 0 Å². The topological polar surface area (TPSA) is 51.8 Å². The second-order valence-corrected chi connectivity index (χ2v) is 9.94. The van der Waals surface area contributed by atoms with Gasteiger partial charge in [-0.15, -0.1) is 0 Å². The van der Waals surface area contributed by atoms with Crippen molar-refractivity contribution >= 4 is 43.5 Å². The second-order valence-electron chi connectivity index (χ2n) is 9.94. The summed E-state index contributed by atoms with van der Waals surface area (Å²) in [6.45, 7) is 0. The summed E-state index contributed by atoms with van der Waals surface area (Å²) in [5, 5.41) is 0.789. The van der Waals surface area contributed by atoms with Crippen LogP contribution in [0.3, 0.4) is 0 Å². The van der Waals surface area contributed by atoms with Gasteiger partial charge in [-0.25, -0.2) is 15.0 Å². The van der Waals surface area contributed by atoms with Crippen molar-refractivity contribution < 1.29 is 29.1 Å². The molecular weight excluding hydrogens is 550 g/mol. The molecule has 2 aromatic heterocycles. The summed E-state index contributed by atoms with van der Waals surface area (Å²) < 4.78 is 159. The van der Waals surface area contributed by atoms with Crippen LogP contribution in [0.5, 0.6) is 0 Å². The number of hydrogen-bond acceptors (Lipinski definition) is 4.